The van der Waals surface area contributed by atoms with Gasteiger partial charge in [0.25, 0.3) is 5.91 Å². The Kier molecular flexibility index (Phi) is 4.21. The fraction of sp³-hybridized carbons (Fsp3) is 0.238. The second-order valence-corrected chi connectivity index (χ2v) is 6.78. The predicted octanol–water partition coefficient (Wildman–Crippen LogP) is 3.69. The first kappa shape index (κ1) is 16.4. The number of fused-ring (bicyclic) bond motifs is 1. The van der Waals surface area contributed by atoms with Crippen molar-refractivity contribution in [2.45, 2.75) is 19.8 Å². The lowest BCUT2D eigenvalue weighted by molar-refractivity contribution is 0.102. The number of benzene rings is 2. The molecule has 1 saturated heterocycles. The molecule has 5 heteroatoms. The Hall–Kier alpha value is -3.08. The number of aromatic amines is 1. The molecule has 0 radical (unpaired) electrons. The SMILES string of the molecule is Cc1cc(=O)[nH]c2ccc(NC(=O)c3cccc(N4CCCC4)c3)cc12. The Bertz CT molecular complexity index is 1030. The van der Waals surface area contributed by atoms with Crippen LogP contribution in [0.25, 0.3) is 10.9 Å². The van der Waals surface area contributed by atoms with Crippen LogP contribution in [0.2, 0.25) is 0 Å². The third-order valence-electron chi connectivity index (χ3n) is 4.89. The molecule has 26 heavy (non-hydrogen) atoms. The maximum absolute atomic E-state index is 12.7. The van der Waals surface area contributed by atoms with Crippen LogP contribution in [0.5, 0.6) is 0 Å². The van der Waals surface area contributed by atoms with Gasteiger partial charge in [-0.05, 0) is 61.7 Å². The van der Waals surface area contributed by atoms with Crippen LogP contribution in [0.4, 0.5) is 11.4 Å². The minimum atomic E-state index is -0.132. The summed E-state index contributed by atoms with van der Waals surface area (Å²) in [6.45, 7) is 3.99. The maximum Gasteiger partial charge on any atom is 0.255 e. The standard InChI is InChI=1S/C21H21N3O2/c1-14-11-20(25)23-19-8-7-16(13-18(14)19)22-21(26)15-5-4-6-17(12-15)24-9-2-3-10-24/h4-8,11-13H,2-3,9-10H2,1H3,(H,22,26)(H,23,25). The van der Waals surface area contributed by atoms with Gasteiger partial charge in [-0.1, -0.05) is 6.07 Å². The number of hydrogen-bond acceptors (Lipinski definition) is 3. The highest BCUT2D eigenvalue weighted by Gasteiger charge is 2.14. The van der Waals surface area contributed by atoms with Gasteiger partial charge in [0.05, 0.1) is 0 Å². The van der Waals surface area contributed by atoms with Crippen molar-refractivity contribution in [2.75, 3.05) is 23.3 Å². The molecular weight excluding hydrogens is 326 g/mol. The van der Waals surface area contributed by atoms with Crippen LogP contribution in [-0.4, -0.2) is 24.0 Å². The number of H-pyrrole nitrogens is 1. The van der Waals surface area contributed by atoms with Crippen LogP contribution in [0.3, 0.4) is 0 Å². The molecular formula is C21H21N3O2. The van der Waals surface area contributed by atoms with Crippen molar-refractivity contribution in [3.05, 3.63) is 70.0 Å². The zero-order chi connectivity index (χ0) is 18.1. The molecule has 132 valence electrons. The second kappa shape index (κ2) is 6.67. The summed E-state index contributed by atoms with van der Waals surface area (Å²) < 4.78 is 0. The van der Waals surface area contributed by atoms with Gasteiger partial charge in [0.1, 0.15) is 0 Å². The lowest BCUT2D eigenvalue weighted by Gasteiger charge is -2.18. The first-order chi connectivity index (χ1) is 12.6. The van der Waals surface area contributed by atoms with E-state index < -0.39 is 0 Å². The first-order valence-electron chi connectivity index (χ1n) is 8.90. The van der Waals surface area contributed by atoms with E-state index in [1.807, 2.05) is 37.3 Å². The van der Waals surface area contributed by atoms with Gasteiger partial charge in [-0.25, -0.2) is 0 Å². The normalized spacial score (nSPS) is 14.0. The first-order valence-corrected chi connectivity index (χ1v) is 8.90. The molecule has 4 rings (SSSR count). The molecule has 0 atom stereocenters. The smallest absolute Gasteiger partial charge is 0.255 e. The van der Waals surface area contributed by atoms with E-state index in [2.05, 4.69) is 21.3 Å². The molecule has 1 aliphatic rings. The van der Waals surface area contributed by atoms with Crippen molar-refractivity contribution < 1.29 is 4.79 Å². The van der Waals surface area contributed by atoms with E-state index in [0.29, 0.717) is 11.3 Å². The number of aromatic nitrogens is 1. The lowest BCUT2D eigenvalue weighted by atomic mass is 10.1. The van der Waals surface area contributed by atoms with E-state index in [-0.39, 0.29) is 11.5 Å². The number of nitrogens with one attached hydrogen (secondary N) is 2. The van der Waals surface area contributed by atoms with Crippen LogP contribution in [0, 0.1) is 6.92 Å². The van der Waals surface area contributed by atoms with Gasteiger partial charge in [0, 0.05) is 47.0 Å². The monoisotopic (exact) mass is 347 g/mol. The third kappa shape index (κ3) is 3.20. The molecule has 5 nitrogen and oxygen atoms in total. The molecule has 2 N–H and O–H groups in total. The summed E-state index contributed by atoms with van der Waals surface area (Å²) in [4.78, 5) is 29.4. The fourth-order valence-electron chi connectivity index (χ4n) is 3.52. The zero-order valence-corrected chi connectivity index (χ0v) is 14.7. The van der Waals surface area contributed by atoms with Crippen molar-refractivity contribution in [3.63, 3.8) is 0 Å². The van der Waals surface area contributed by atoms with Crippen molar-refractivity contribution >= 4 is 28.2 Å². The average molecular weight is 347 g/mol. The van der Waals surface area contributed by atoms with E-state index in [0.717, 1.165) is 35.2 Å². The van der Waals surface area contributed by atoms with Gasteiger partial charge in [0.2, 0.25) is 5.56 Å². The lowest BCUT2D eigenvalue weighted by Crippen LogP contribution is -2.19. The van der Waals surface area contributed by atoms with Crippen molar-refractivity contribution in [1.82, 2.24) is 4.98 Å². The summed E-state index contributed by atoms with van der Waals surface area (Å²) in [7, 11) is 0. The Labute approximate surface area is 151 Å². The second-order valence-electron chi connectivity index (χ2n) is 6.78. The minimum absolute atomic E-state index is 0.120. The number of amides is 1. The Morgan fingerprint density at radius 2 is 1.88 bits per heavy atom. The Morgan fingerprint density at radius 1 is 1.08 bits per heavy atom. The molecule has 2 heterocycles. The molecule has 0 spiro atoms. The quantitative estimate of drug-likeness (QED) is 0.759. The number of carbonyl (C=O) groups is 1. The van der Waals surface area contributed by atoms with Gasteiger partial charge < -0.3 is 15.2 Å². The van der Waals surface area contributed by atoms with Crippen molar-refractivity contribution in [1.29, 1.82) is 0 Å². The zero-order valence-electron chi connectivity index (χ0n) is 14.7. The number of aryl methyl sites for hydroxylation is 1. The average Bonchev–Trinajstić information content (AvgIpc) is 3.17. The van der Waals surface area contributed by atoms with Crippen LogP contribution in [0.15, 0.2) is 53.3 Å². The number of hydrogen-bond donors (Lipinski definition) is 2. The van der Waals surface area contributed by atoms with E-state index in [1.165, 1.54) is 12.8 Å². The molecule has 1 fully saturated rings. The van der Waals surface area contributed by atoms with Crippen LogP contribution < -0.4 is 15.8 Å². The molecule has 1 aromatic heterocycles. The molecule has 1 aliphatic heterocycles. The van der Waals surface area contributed by atoms with Crippen LogP contribution >= 0.6 is 0 Å². The van der Waals surface area contributed by atoms with E-state index in [9.17, 15) is 9.59 Å². The number of nitrogens with zero attached hydrogens (tertiary/aromatic N) is 1. The van der Waals surface area contributed by atoms with Gasteiger partial charge in [-0.15, -0.1) is 0 Å². The number of pyridine rings is 1. The predicted molar refractivity (Wildman–Crippen MR) is 105 cm³/mol. The minimum Gasteiger partial charge on any atom is -0.372 e. The molecule has 0 unspecified atom stereocenters. The van der Waals surface area contributed by atoms with Crippen LogP contribution in [-0.2, 0) is 0 Å². The topological polar surface area (TPSA) is 65.2 Å². The highest BCUT2D eigenvalue weighted by molar-refractivity contribution is 6.05. The highest BCUT2D eigenvalue weighted by Crippen LogP contribution is 2.23. The van der Waals surface area contributed by atoms with E-state index in [1.54, 1.807) is 12.1 Å². The number of rotatable bonds is 3. The molecule has 0 aliphatic carbocycles. The molecule has 1 amide bonds. The van der Waals surface area contributed by atoms with Gasteiger partial charge in [-0.2, -0.15) is 0 Å². The number of anilines is 2. The number of carbonyl (C=O) groups excluding carboxylic acids is 1. The summed E-state index contributed by atoms with van der Waals surface area (Å²) in [5.74, 6) is -0.132. The Morgan fingerprint density at radius 3 is 2.69 bits per heavy atom. The summed E-state index contributed by atoms with van der Waals surface area (Å²) in [6.07, 6.45) is 2.41. The third-order valence-corrected chi connectivity index (χ3v) is 4.89. The van der Waals surface area contributed by atoms with Crippen molar-refractivity contribution in [2.24, 2.45) is 0 Å². The Balaban J connectivity index is 1.59. The molecule has 0 bridgehead atoms. The largest absolute Gasteiger partial charge is 0.372 e. The summed E-state index contributed by atoms with van der Waals surface area (Å²) in [5.41, 5.74) is 3.99. The molecule has 2 aromatic carbocycles. The van der Waals surface area contributed by atoms with Gasteiger partial charge in [-0.3, -0.25) is 9.59 Å². The van der Waals surface area contributed by atoms with Gasteiger partial charge in [0.15, 0.2) is 0 Å². The molecule has 0 saturated carbocycles. The van der Waals surface area contributed by atoms with E-state index in [4.69, 9.17) is 0 Å². The molecule has 3 aromatic rings. The summed E-state index contributed by atoms with van der Waals surface area (Å²) in [5, 5.41) is 3.88. The van der Waals surface area contributed by atoms with Gasteiger partial charge >= 0.3 is 0 Å². The van der Waals surface area contributed by atoms with Crippen LogP contribution in [0.1, 0.15) is 28.8 Å². The highest BCUT2D eigenvalue weighted by atomic mass is 16.1. The summed E-state index contributed by atoms with van der Waals surface area (Å²) >= 11 is 0. The summed E-state index contributed by atoms with van der Waals surface area (Å²) in [6, 6.07) is 14.8. The van der Waals surface area contributed by atoms with Crippen molar-refractivity contribution in [3.8, 4) is 0 Å². The fourth-order valence-corrected chi connectivity index (χ4v) is 3.52. The van der Waals surface area contributed by atoms with E-state index >= 15 is 0 Å². The maximum atomic E-state index is 12.7.